The van der Waals surface area contributed by atoms with Crippen LogP contribution in [0.5, 0.6) is 0 Å². The lowest BCUT2D eigenvalue weighted by molar-refractivity contribution is 0.112. The van der Waals surface area contributed by atoms with Crippen LogP contribution >= 0.6 is 0 Å². The summed E-state index contributed by atoms with van der Waals surface area (Å²) in [5.74, 6) is 0. The maximum atomic E-state index is 10.7. The fourth-order valence-corrected chi connectivity index (χ4v) is 1.83. The van der Waals surface area contributed by atoms with Crippen molar-refractivity contribution in [1.82, 2.24) is 9.88 Å². The van der Waals surface area contributed by atoms with E-state index in [4.69, 9.17) is 0 Å². The second kappa shape index (κ2) is 5.75. The highest BCUT2D eigenvalue weighted by Gasteiger charge is 2.13. The molecule has 0 saturated carbocycles. The summed E-state index contributed by atoms with van der Waals surface area (Å²) in [5.41, 5.74) is 1.73. The van der Waals surface area contributed by atoms with Gasteiger partial charge >= 0.3 is 0 Å². The molecule has 0 saturated heterocycles. The van der Waals surface area contributed by atoms with Crippen molar-refractivity contribution < 1.29 is 4.79 Å². The molecular formula is C13H20N2O. The van der Waals surface area contributed by atoms with E-state index >= 15 is 0 Å². The molecule has 0 aromatic carbocycles. The van der Waals surface area contributed by atoms with Crippen LogP contribution < -0.4 is 0 Å². The van der Waals surface area contributed by atoms with Gasteiger partial charge in [-0.2, -0.15) is 0 Å². The number of pyridine rings is 1. The van der Waals surface area contributed by atoms with Crippen LogP contribution in [0.3, 0.4) is 0 Å². The van der Waals surface area contributed by atoms with Crippen LogP contribution in [0.4, 0.5) is 0 Å². The molecule has 0 unspecified atom stereocenters. The second-order valence-electron chi connectivity index (χ2n) is 4.60. The molecule has 0 bridgehead atoms. The lowest BCUT2D eigenvalue weighted by Gasteiger charge is -2.30. The number of aromatic nitrogens is 1. The van der Waals surface area contributed by atoms with Crippen molar-refractivity contribution in [3.05, 3.63) is 29.6 Å². The summed E-state index contributed by atoms with van der Waals surface area (Å²) < 4.78 is 0. The SMILES string of the molecule is CC(C)N(Cc1cncc(C=O)c1)C(C)C. The zero-order valence-corrected chi connectivity index (χ0v) is 10.5. The molecule has 0 atom stereocenters. The van der Waals surface area contributed by atoms with Gasteiger partial charge in [-0.3, -0.25) is 14.7 Å². The van der Waals surface area contributed by atoms with Crippen molar-refractivity contribution in [3.63, 3.8) is 0 Å². The molecule has 1 rings (SSSR count). The molecule has 1 aromatic rings. The summed E-state index contributed by atoms with van der Waals surface area (Å²) in [5, 5.41) is 0. The topological polar surface area (TPSA) is 33.2 Å². The van der Waals surface area contributed by atoms with E-state index in [0.717, 1.165) is 18.4 Å². The fourth-order valence-electron chi connectivity index (χ4n) is 1.83. The van der Waals surface area contributed by atoms with Crippen molar-refractivity contribution in [2.24, 2.45) is 0 Å². The molecule has 0 aliphatic rings. The normalized spacial score (nSPS) is 11.4. The van der Waals surface area contributed by atoms with Gasteiger partial charge in [-0.1, -0.05) is 0 Å². The Balaban J connectivity index is 2.80. The smallest absolute Gasteiger partial charge is 0.151 e. The number of carbonyl (C=O) groups excluding carboxylic acids is 1. The Kier molecular flexibility index (Phi) is 4.62. The van der Waals surface area contributed by atoms with Gasteiger partial charge in [-0.05, 0) is 39.3 Å². The van der Waals surface area contributed by atoms with E-state index in [-0.39, 0.29) is 0 Å². The molecule has 3 heteroatoms. The Morgan fingerprint density at radius 2 is 1.88 bits per heavy atom. The van der Waals surface area contributed by atoms with Crippen molar-refractivity contribution in [1.29, 1.82) is 0 Å². The number of hydrogen-bond donors (Lipinski definition) is 0. The van der Waals surface area contributed by atoms with Gasteiger partial charge in [-0.25, -0.2) is 0 Å². The van der Waals surface area contributed by atoms with Crippen LogP contribution in [0.1, 0.15) is 43.6 Å². The zero-order valence-electron chi connectivity index (χ0n) is 10.5. The van der Waals surface area contributed by atoms with E-state index in [9.17, 15) is 4.79 Å². The number of rotatable bonds is 5. The van der Waals surface area contributed by atoms with Crippen LogP contribution in [0, 0.1) is 0 Å². The third-order valence-electron chi connectivity index (χ3n) is 2.64. The number of aldehydes is 1. The average molecular weight is 220 g/mol. The highest BCUT2D eigenvalue weighted by molar-refractivity contribution is 5.74. The monoisotopic (exact) mass is 220 g/mol. The Morgan fingerprint density at radius 1 is 1.25 bits per heavy atom. The number of carbonyl (C=O) groups is 1. The molecule has 16 heavy (non-hydrogen) atoms. The number of nitrogens with zero attached hydrogens (tertiary/aromatic N) is 2. The van der Waals surface area contributed by atoms with E-state index in [1.165, 1.54) is 0 Å². The summed E-state index contributed by atoms with van der Waals surface area (Å²) in [7, 11) is 0. The summed E-state index contributed by atoms with van der Waals surface area (Å²) in [4.78, 5) is 17.1. The lowest BCUT2D eigenvalue weighted by atomic mass is 10.1. The third kappa shape index (κ3) is 3.42. The van der Waals surface area contributed by atoms with Gasteiger partial charge in [0.05, 0.1) is 0 Å². The first-order chi connectivity index (χ1) is 7.54. The molecule has 0 aliphatic carbocycles. The Morgan fingerprint density at radius 3 is 2.38 bits per heavy atom. The quantitative estimate of drug-likeness (QED) is 0.715. The Labute approximate surface area is 97.5 Å². The summed E-state index contributed by atoms with van der Waals surface area (Å²) >= 11 is 0. The van der Waals surface area contributed by atoms with E-state index in [1.54, 1.807) is 6.20 Å². The van der Waals surface area contributed by atoms with Crippen LogP contribution in [0.2, 0.25) is 0 Å². The summed E-state index contributed by atoms with van der Waals surface area (Å²) in [6.45, 7) is 9.55. The summed E-state index contributed by atoms with van der Waals surface area (Å²) in [6, 6.07) is 2.87. The molecule has 1 aromatic heterocycles. The standard InChI is InChI=1S/C13H20N2O/c1-10(2)15(11(3)4)8-12-5-13(9-16)7-14-6-12/h5-7,9-11H,8H2,1-4H3. The fraction of sp³-hybridized carbons (Fsp3) is 0.538. The molecule has 1 heterocycles. The van der Waals surface area contributed by atoms with Gasteiger partial charge in [-0.15, -0.1) is 0 Å². The van der Waals surface area contributed by atoms with Crippen LogP contribution in [0.15, 0.2) is 18.5 Å². The number of hydrogen-bond acceptors (Lipinski definition) is 3. The van der Waals surface area contributed by atoms with E-state index in [0.29, 0.717) is 17.6 Å². The van der Waals surface area contributed by atoms with Gasteiger partial charge in [0.2, 0.25) is 0 Å². The molecule has 88 valence electrons. The van der Waals surface area contributed by atoms with Gasteiger partial charge in [0.15, 0.2) is 6.29 Å². The molecule has 0 N–H and O–H groups in total. The van der Waals surface area contributed by atoms with Gasteiger partial charge < -0.3 is 0 Å². The van der Waals surface area contributed by atoms with Gasteiger partial charge in [0, 0.05) is 36.6 Å². The van der Waals surface area contributed by atoms with E-state index in [2.05, 4.69) is 37.6 Å². The zero-order chi connectivity index (χ0) is 12.1. The van der Waals surface area contributed by atoms with Crippen molar-refractivity contribution in [3.8, 4) is 0 Å². The maximum absolute atomic E-state index is 10.7. The highest BCUT2D eigenvalue weighted by atomic mass is 16.1. The minimum Gasteiger partial charge on any atom is -0.298 e. The minimum atomic E-state index is 0.486. The van der Waals surface area contributed by atoms with Gasteiger partial charge in [0.25, 0.3) is 0 Å². The second-order valence-corrected chi connectivity index (χ2v) is 4.60. The molecule has 0 amide bonds. The van der Waals surface area contributed by atoms with Crippen molar-refractivity contribution in [2.45, 2.75) is 46.3 Å². The Hall–Kier alpha value is -1.22. The van der Waals surface area contributed by atoms with E-state index < -0.39 is 0 Å². The molecular weight excluding hydrogens is 200 g/mol. The maximum Gasteiger partial charge on any atom is 0.151 e. The van der Waals surface area contributed by atoms with Crippen LogP contribution in [-0.4, -0.2) is 28.3 Å². The molecule has 0 spiro atoms. The molecule has 0 radical (unpaired) electrons. The molecule has 0 fully saturated rings. The van der Waals surface area contributed by atoms with Crippen molar-refractivity contribution >= 4 is 6.29 Å². The molecule has 0 aliphatic heterocycles. The molecule has 3 nitrogen and oxygen atoms in total. The first-order valence-corrected chi connectivity index (χ1v) is 5.69. The predicted molar refractivity (Wildman–Crippen MR) is 65.4 cm³/mol. The summed E-state index contributed by atoms with van der Waals surface area (Å²) in [6.07, 6.45) is 4.25. The highest BCUT2D eigenvalue weighted by Crippen LogP contribution is 2.11. The van der Waals surface area contributed by atoms with Gasteiger partial charge in [0.1, 0.15) is 0 Å². The first kappa shape index (κ1) is 12.8. The van der Waals surface area contributed by atoms with Crippen LogP contribution in [-0.2, 0) is 6.54 Å². The average Bonchev–Trinajstić information content (AvgIpc) is 2.25. The van der Waals surface area contributed by atoms with E-state index in [1.807, 2.05) is 12.3 Å². The lowest BCUT2D eigenvalue weighted by Crippen LogP contribution is -2.36. The third-order valence-corrected chi connectivity index (χ3v) is 2.64. The first-order valence-electron chi connectivity index (χ1n) is 5.69. The Bertz CT molecular complexity index is 340. The largest absolute Gasteiger partial charge is 0.298 e. The van der Waals surface area contributed by atoms with Crippen molar-refractivity contribution in [2.75, 3.05) is 0 Å². The minimum absolute atomic E-state index is 0.486. The van der Waals surface area contributed by atoms with Crippen LogP contribution in [0.25, 0.3) is 0 Å². The predicted octanol–water partition coefficient (Wildman–Crippen LogP) is 2.51.